The van der Waals surface area contributed by atoms with Gasteiger partial charge in [-0.2, -0.15) is 0 Å². The van der Waals surface area contributed by atoms with Crippen molar-refractivity contribution in [3.05, 3.63) is 18.0 Å². The van der Waals surface area contributed by atoms with Crippen molar-refractivity contribution in [3.63, 3.8) is 0 Å². The van der Waals surface area contributed by atoms with E-state index in [2.05, 4.69) is 9.97 Å². The van der Waals surface area contributed by atoms with E-state index in [1.165, 1.54) is 0 Å². The molecule has 0 aliphatic heterocycles. The number of ether oxygens (including phenoxy) is 1. The number of nitrogens with zero attached hydrogens (tertiary/aromatic N) is 2. The average molecular weight is 181 g/mol. The third kappa shape index (κ3) is 3.38. The molecule has 1 aromatic heterocycles. The topological polar surface area (TPSA) is 61.0 Å². The first-order valence-electron chi connectivity index (χ1n) is 4.40. The van der Waals surface area contributed by atoms with Gasteiger partial charge in [0.1, 0.15) is 0 Å². The van der Waals surface area contributed by atoms with Gasteiger partial charge < -0.3 is 10.5 Å². The lowest BCUT2D eigenvalue weighted by molar-refractivity contribution is 0.222. The summed E-state index contributed by atoms with van der Waals surface area (Å²) in [6, 6.07) is 0.427. The number of rotatable bonds is 4. The van der Waals surface area contributed by atoms with Crippen molar-refractivity contribution in [2.75, 3.05) is 6.54 Å². The second-order valence-corrected chi connectivity index (χ2v) is 3.08. The molecule has 72 valence electrons. The van der Waals surface area contributed by atoms with Gasteiger partial charge in [0.05, 0.1) is 6.10 Å². The summed E-state index contributed by atoms with van der Waals surface area (Å²) < 4.78 is 5.29. The fourth-order valence-corrected chi connectivity index (χ4v) is 0.910. The van der Waals surface area contributed by atoms with Gasteiger partial charge in [-0.15, -0.1) is 0 Å². The first-order chi connectivity index (χ1) is 6.22. The molecule has 0 spiro atoms. The third-order valence-corrected chi connectivity index (χ3v) is 1.46. The summed E-state index contributed by atoms with van der Waals surface area (Å²) in [5, 5.41) is 0. The molecule has 0 unspecified atom stereocenters. The van der Waals surface area contributed by atoms with Crippen molar-refractivity contribution in [3.8, 4) is 6.01 Å². The summed E-state index contributed by atoms with van der Waals surface area (Å²) in [4.78, 5) is 8.10. The molecule has 2 N–H and O–H groups in total. The van der Waals surface area contributed by atoms with Crippen molar-refractivity contribution >= 4 is 0 Å². The van der Waals surface area contributed by atoms with E-state index in [9.17, 15) is 0 Å². The molecule has 0 bridgehead atoms. The molecule has 0 amide bonds. The molecule has 0 aliphatic rings. The highest BCUT2D eigenvalue weighted by molar-refractivity contribution is 5.07. The standard InChI is InChI=1S/C9H15N3O/c1-7(2)13-9-11-5-8(3-4-10)6-12-9/h5-7H,3-4,10H2,1-2H3. The van der Waals surface area contributed by atoms with Crippen LogP contribution in [0, 0.1) is 0 Å². The summed E-state index contributed by atoms with van der Waals surface area (Å²) >= 11 is 0. The van der Waals surface area contributed by atoms with Gasteiger partial charge in [0, 0.05) is 12.4 Å². The summed E-state index contributed by atoms with van der Waals surface area (Å²) in [5.41, 5.74) is 6.43. The third-order valence-electron chi connectivity index (χ3n) is 1.46. The lowest BCUT2D eigenvalue weighted by Crippen LogP contribution is -2.09. The normalized spacial score (nSPS) is 10.5. The molecule has 0 aliphatic carbocycles. The van der Waals surface area contributed by atoms with Crippen LogP contribution in [0.5, 0.6) is 6.01 Å². The lowest BCUT2D eigenvalue weighted by Gasteiger charge is -2.06. The SMILES string of the molecule is CC(C)Oc1ncc(CCN)cn1. The summed E-state index contributed by atoms with van der Waals surface area (Å²) in [7, 11) is 0. The van der Waals surface area contributed by atoms with Crippen LogP contribution in [0.25, 0.3) is 0 Å². The lowest BCUT2D eigenvalue weighted by atomic mass is 10.2. The predicted octanol–water partition coefficient (Wildman–Crippen LogP) is 0.765. The van der Waals surface area contributed by atoms with Crippen LogP contribution in [0.2, 0.25) is 0 Å². The maximum absolute atomic E-state index is 5.39. The van der Waals surface area contributed by atoms with Gasteiger partial charge in [0.15, 0.2) is 0 Å². The van der Waals surface area contributed by atoms with E-state index in [-0.39, 0.29) is 6.10 Å². The fourth-order valence-electron chi connectivity index (χ4n) is 0.910. The molecule has 0 atom stereocenters. The molecule has 0 saturated heterocycles. The fraction of sp³-hybridized carbons (Fsp3) is 0.556. The molecule has 1 rings (SSSR count). The van der Waals surface area contributed by atoms with Crippen molar-refractivity contribution in [1.29, 1.82) is 0 Å². The van der Waals surface area contributed by atoms with Gasteiger partial charge in [-0.1, -0.05) is 0 Å². The van der Waals surface area contributed by atoms with E-state index in [1.54, 1.807) is 12.4 Å². The van der Waals surface area contributed by atoms with Crippen molar-refractivity contribution in [2.24, 2.45) is 5.73 Å². The van der Waals surface area contributed by atoms with Crippen LogP contribution in [-0.4, -0.2) is 22.6 Å². The van der Waals surface area contributed by atoms with Crippen LogP contribution in [0.1, 0.15) is 19.4 Å². The number of aromatic nitrogens is 2. The largest absolute Gasteiger partial charge is 0.461 e. The van der Waals surface area contributed by atoms with Gasteiger partial charge in [0.2, 0.25) is 0 Å². The molecule has 13 heavy (non-hydrogen) atoms. The van der Waals surface area contributed by atoms with Gasteiger partial charge >= 0.3 is 6.01 Å². The molecule has 4 nitrogen and oxygen atoms in total. The second kappa shape index (κ2) is 4.77. The quantitative estimate of drug-likeness (QED) is 0.745. The van der Waals surface area contributed by atoms with E-state index in [0.717, 1.165) is 12.0 Å². The number of hydrogen-bond donors (Lipinski definition) is 1. The van der Waals surface area contributed by atoms with E-state index < -0.39 is 0 Å². The van der Waals surface area contributed by atoms with E-state index in [4.69, 9.17) is 10.5 Å². The molecule has 4 heteroatoms. The van der Waals surface area contributed by atoms with E-state index in [1.807, 2.05) is 13.8 Å². The van der Waals surface area contributed by atoms with Crippen LogP contribution in [0.15, 0.2) is 12.4 Å². The van der Waals surface area contributed by atoms with E-state index in [0.29, 0.717) is 12.6 Å². The van der Waals surface area contributed by atoms with Crippen LogP contribution in [-0.2, 0) is 6.42 Å². The molecule has 0 radical (unpaired) electrons. The highest BCUT2D eigenvalue weighted by atomic mass is 16.5. The smallest absolute Gasteiger partial charge is 0.316 e. The maximum atomic E-state index is 5.39. The van der Waals surface area contributed by atoms with Crippen LogP contribution >= 0.6 is 0 Å². The zero-order valence-electron chi connectivity index (χ0n) is 8.03. The Morgan fingerprint density at radius 3 is 2.46 bits per heavy atom. The summed E-state index contributed by atoms with van der Waals surface area (Å²) in [6.45, 7) is 4.50. The monoisotopic (exact) mass is 181 g/mol. The van der Waals surface area contributed by atoms with Gasteiger partial charge in [0.25, 0.3) is 0 Å². The first kappa shape index (κ1) is 9.92. The highest BCUT2D eigenvalue weighted by Gasteiger charge is 2.00. The first-order valence-corrected chi connectivity index (χ1v) is 4.40. The second-order valence-electron chi connectivity index (χ2n) is 3.08. The van der Waals surface area contributed by atoms with Gasteiger partial charge in [-0.3, -0.25) is 0 Å². The van der Waals surface area contributed by atoms with Crippen molar-refractivity contribution in [1.82, 2.24) is 9.97 Å². The minimum Gasteiger partial charge on any atom is -0.461 e. The van der Waals surface area contributed by atoms with Crippen LogP contribution in [0.3, 0.4) is 0 Å². The molecule has 0 fully saturated rings. The van der Waals surface area contributed by atoms with Crippen molar-refractivity contribution in [2.45, 2.75) is 26.4 Å². The van der Waals surface area contributed by atoms with Crippen LogP contribution in [0.4, 0.5) is 0 Å². The van der Waals surface area contributed by atoms with Crippen LogP contribution < -0.4 is 10.5 Å². The Bertz CT molecular complexity index is 246. The molecule has 0 saturated carbocycles. The molecule has 1 heterocycles. The highest BCUT2D eigenvalue weighted by Crippen LogP contribution is 2.04. The molecular weight excluding hydrogens is 166 g/mol. The maximum Gasteiger partial charge on any atom is 0.316 e. The van der Waals surface area contributed by atoms with E-state index >= 15 is 0 Å². The predicted molar refractivity (Wildman–Crippen MR) is 50.6 cm³/mol. The van der Waals surface area contributed by atoms with Gasteiger partial charge in [-0.25, -0.2) is 9.97 Å². The molecule has 0 aromatic carbocycles. The molecule has 1 aromatic rings. The minimum atomic E-state index is 0.111. The Morgan fingerprint density at radius 2 is 2.00 bits per heavy atom. The summed E-state index contributed by atoms with van der Waals surface area (Å²) in [5.74, 6) is 0. The zero-order valence-corrected chi connectivity index (χ0v) is 8.03. The summed E-state index contributed by atoms with van der Waals surface area (Å²) in [6.07, 6.45) is 4.41. The van der Waals surface area contributed by atoms with Crippen molar-refractivity contribution < 1.29 is 4.74 Å². The minimum absolute atomic E-state index is 0.111. The average Bonchev–Trinajstić information content (AvgIpc) is 2.08. The Hall–Kier alpha value is -1.16. The Morgan fingerprint density at radius 1 is 1.38 bits per heavy atom. The zero-order chi connectivity index (χ0) is 9.68. The Kier molecular flexibility index (Phi) is 3.64. The number of hydrogen-bond acceptors (Lipinski definition) is 4. The molecular formula is C9H15N3O. The Labute approximate surface area is 78.1 Å². The Balaban J connectivity index is 2.59. The number of nitrogens with two attached hydrogens (primary N) is 1. The van der Waals surface area contributed by atoms with Gasteiger partial charge in [-0.05, 0) is 32.4 Å².